The Labute approximate surface area is 152 Å². The van der Waals surface area contributed by atoms with Gasteiger partial charge in [0, 0.05) is 6.54 Å². The van der Waals surface area contributed by atoms with Gasteiger partial charge in [0.05, 0.1) is 25.3 Å². The number of aromatic nitrogens is 2. The summed E-state index contributed by atoms with van der Waals surface area (Å²) in [5.41, 5.74) is 2.95. The number of fused-ring (bicyclic) bond motifs is 1. The fourth-order valence-electron chi connectivity index (χ4n) is 2.98. The molecule has 0 aliphatic heterocycles. The zero-order valence-corrected chi connectivity index (χ0v) is 15.3. The van der Waals surface area contributed by atoms with Crippen LogP contribution in [0.2, 0.25) is 0 Å². The number of nitrogens with zero attached hydrogens (tertiary/aromatic N) is 2. The van der Waals surface area contributed by atoms with Crippen molar-refractivity contribution in [3.05, 3.63) is 53.9 Å². The minimum Gasteiger partial charge on any atom is -0.493 e. The lowest BCUT2D eigenvalue weighted by Crippen LogP contribution is -2.29. The first kappa shape index (κ1) is 17.8. The van der Waals surface area contributed by atoms with E-state index in [1.807, 2.05) is 54.0 Å². The summed E-state index contributed by atoms with van der Waals surface area (Å²) in [5, 5.41) is 2.97. The van der Waals surface area contributed by atoms with Gasteiger partial charge in [-0.15, -0.1) is 0 Å². The zero-order chi connectivity index (χ0) is 18.5. The standard InChI is InChI=1S/C20H23N3O3/c1-14-22-16-6-4-5-7-17(16)23(14)13-20(24)21-11-10-15-8-9-18(25-2)19(12-15)26-3/h4-9,12H,10-11,13H2,1-3H3,(H,21,24). The Morgan fingerprint density at radius 1 is 1.12 bits per heavy atom. The van der Waals surface area contributed by atoms with E-state index in [1.54, 1.807) is 14.2 Å². The largest absolute Gasteiger partial charge is 0.493 e. The number of carbonyl (C=O) groups excluding carboxylic acids is 1. The van der Waals surface area contributed by atoms with Crippen LogP contribution in [0.4, 0.5) is 0 Å². The van der Waals surface area contributed by atoms with E-state index >= 15 is 0 Å². The van der Waals surface area contributed by atoms with Gasteiger partial charge in [0.2, 0.25) is 5.91 Å². The predicted octanol–water partition coefficient (Wildman–Crippen LogP) is 2.72. The molecule has 0 atom stereocenters. The lowest BCUT2D eigenvalue weighted by atomic mass is 10.1. The predicted molar refractivity (Wildman–Crippen MR) is 101 cm³/mol. The van der Waals surface area contributed by atoms with Crippen LogP contribution in [0.3, 0.4) is 0 Å². The third kappa shape index (κ3) is 3.79. The Morgan fingerprint density at radius 2 is 1.88 bits per heavy atom. The number of carbonyl (C=O) groups is 1. The van der Waals surface area contributed by atoms with Crippen LogP contribution in [0, 0.1) is 6.92 Å². The molecule has 3 rings (SSSR count). The highest BCUT2D eigenvalue weighted by Gasteiger charge is 2.10. The lowest BCUT2D eigenvalue weighted by molar-refractivity contribution is -0.121. The lowest BCUT2D eigenvalue weighted by Gasteiger charge is -2.11. The van der Waals surface area contributed by atoms with Crippen molar-refractivity contribution in [2.75, 3.05) is 20.8 Å². The molecule has 0 fully saturated rings. The van der Waals surface area contributed by atoms with E-state index < -0.39 is 0 Å². The number of para-hydroxylation sites is 2. The van der Waals surface area contributed by atoms with Crippen molar-refractivity contribution in [2.45, 2.75) is 19.9 Å². The fourth-order valence-corrected chi connectivity index (χ4v) is 2.98. The maximum atomic E-state index is 12.3. The Kier molecular flexibility index (Phi) is 5.41. The molecule has 0 radical (unpaired) electrons. The second-order valence-corrected chi connectivity index (χ2v) is 6.02. The summed E-state index contributed by atoms with van der Waals surface area (Å²) in [7, 11) is 3.22. The van der Waals surface area contributed by atoms with Gasteiger partial charge in [-0.25, -0.2) is 4.98 Å². The second kappa shape index (κ2) is 7.91. The van der Waals surface area contributed by atoms with Gasteiger partial charge in [-0.2, -0.15) is 0 Å². The molecule has 6 nitrogen and oxygen atoms in total. The first-order valence-electron chi connectivity index (χ1n) is 8.52. The van der Waals surface area contributed by atoms with Crippen molar-refractivity contribution in [3.8, 4) is 11.5 Å². The molecule has 136 valence electrons. The number of hydrogen-bond donors (Lipinski definition) is 1. The van der Waals surface area contributed by atoms with Gasteiger partial charge in [0.1, 0.15) is 12.4 Å². The Hall–Kier alpha value is -3.02. The maximum Gasteiger partial charge on any atom is 0.240 e. The summed E-state index contributed by atoms with van der Waals surface area (Å²) in [5.74, 6) is 2.19. The molecule has 0 aliphatic rings. The van der Waals surface area contributed by atoms with E-state index in [0.717, 1.165) is 28.8 Å². The van der Waals surface area contributed by atoms with Crippen LogP contribution in [0.15, 0.2) is 42.5 Å². The van der Waals surface area contributed by atoms with Crippen molar-refractivity contribution in [2.24, 2.45) is 0 Å². The van der Waals surface area contributed by atoms with E-state index in [-0.39, 0.29) is 12.5 Å². The molecule has 0 saturated carbocycles. The SMILES string of the molecule is COc1ccc(CCNC(=O)Cn2c(C)nc3ccccc32)cc1OC. The highest BCUT2D eigenvalue weighted by molar-refractivity contribution is 5.81. The number of nitrogens with one attached hydrogen (secondary N) is 1. The number of benzene rings is 2. The van der Waals surface area contributed by atoms with E-state index in [0.29, 0.717) is 18.0 Å². The molecule has 6 heteroatoms. The van der Waals surface area contributed by atoms with E-state index in [9.17, 15) is 4.79 Å². The molecule has 1 amide bonds. The van der Waals surface area contributed by atoms with Crippen LogP contribution in [0.25, 0.3) is 11.0 Å². The zero-order valence-electron chi connectivity index (χ0n) is 15.3. The number of amides is 1. The Balaban J connectivity index is 1.58. The molecule has 0 spiro atoms. The van der Waals surface area contributed by atoms with Crippen LogP contribution in [0.5, 0.6) is 11.5 Å². The quantitative estimate of drug-likeness (QED) is 0.709. The number of ether oxygens (including phenoxy) is 2. The summed E-state index contributed by atoms with van der Waals surface area (Å²) in [6.45, 7) is 2.73. The molecule has 1 N–H and O–H groups in total. The van der Waals surface area contributed by atoms with Gasteiger partial charge in [0.25, 0.3) is 0 Å². The average Bonchev–Trinajstić information content (AvgIpc) is 2.97. The molecule has 1 heterocycles. The molecule has 0 bridgehead atoms. The smallest absolute Gasteiger partial charge is 0.240 e. The highest BCUT2D eigenvalue weighted by Crippen LogP contribution is 2.27. The van der Waals surface area contributed by atoms with Crippen LogP contribution in [-0.2, 0) is 17.8 Å². The normalized spacial score (nSPS) is 10.7. The summed E-state index contributed by atoms with van der Waals surface area (Å²) in [6.07, 6.45) is 0.718. The monoisotopic (exact) mass is 353 g/mol. The van der Waals surface area contributed by atoms with Crippen molar-refractivity contribution < 1.29 is 14.3 Å². The van der Waals surface area contributed by atoms with Crippen molar-refractivity contribution in [1.82, 2.24) is 14.9 Å². The maximum absolute atomic E-state index is 12.3. The topological polar surface area (TPSA) is 65.4 Å². The molecule has 1 aromatic heterocycles. The summed E-state index contributed by atoms with van der Waals surface area (Å²) in [4.78, 5) is 16.8. The van der Waals surface area contributed by atoms with Crippen LogP contribution in [0.1, 0.15) is 11.4 Å². The first-order chi connectivity index (χ1) is 12.6. The Morgan fingerprint density at radius 3 is 2.65 bits per heavy atom. The molecule has 2 aromatic carbocycles. The summed E-state index contributed by atoms with van der Waals surface area (Å²) < 4.78 is 12.5. The second-order valence-electron chi connectivity index (χ2n) is 6.02. The van der Waals surface area contributed by atoms with E-state index in [2.05, 4.69) is 10.3 Å². The molecular weight excluding hydrogens is 330 g/mol. The van der Waals surface area contributed by atoms with Gasteiger partial charge in [-0.1, -0.05) is 18.2 Å². The van der Waals surface area contributed by atoms with E-state index in [4.69, 9.17) is 9.47 Å². The molecule has 0 aliphatic carbocycles. The van der Waals surface area contributed by atoms with Crippen LogP contribution >= 0.6 is 0 Å². The van der Waals surface area contributed by atoms with Gasteiger partial charge in [-0.3, -0.25) is 4.79 Å². The Bertz CT molecular complexity index is 918. The van der Waals surface area contributed by atoms with Crippen molar-refractivity contribution >= 4 is 16.9 Å². The summed E-state index contributed by atoms with van der Waals surface area (Å²) >= 11 is 0. The third-order valence-corrected chi connectivity index (χ3v) is 4.33. The van der Waals surface area contributed by atoms with Crippen molar-refractivity contribution in [3.63, 3.8) is 0 Å². The molecule has 0 unspecified atom stereocenters. The van der Waals surface area contributed by atoms with Gasteiger partial charge in [0.15, 0.2) is 11.5 Å². The summed E-state index contributed by atoms with van der Waals surface area (Å²) in [6, 6.07) is 13.6. The van der Waals surface area contributed by atoms with Gasteiger partial charge < -0.3 is 19.4 Å². The molecule has 0 saturated heterocycles. The molecular formula is C20H23N3O3. The first-order valence-corrected chi connectivity index (χ1v) is 8.52. The van der Waals surface area contributed by atoms with E-state index in [1.165, 1.54) is 0 Å². The number of hydrogen-bond acceptors (Lipinski definition) is 4. The minimum atomic E-state index is -0.0308. The minimum absolute atomic E-state index is 0.0308. The van der Waals surface area contributed by atoms with Gasteiger partial charge >= 0.3 is 0 Å². The fraction of sp³-hybridized carbons (Fsp3) is 0.300. The number of aryl methyl sites for hydroxylation is 1. The molecule has 3 aromatic rings. The third-order valence-electron chi connectivity index (χ3n) is 4.33. The number of methoxy groups -OCH3 is 2. The van der Waals surface area contributed by atoms with Crippen LogP contribution in [-0.4, -0.2) is 36.2 Å². The van der Waals surface area contributed by atoms with Crippen molar-refractivity contribution in [1.29, 1.82) is 0 Å². The molecule has 26 heavy (non-hydrogen) atoms. The van der Waals surface area contributed by atoms with Gasteiger partial charge in [-0.05, 0) is 43.2 Å². The van der Waals surface area contributed by atoms with Crippen LogP contribution < -0.4 is 14.8 Å². The highest BCUT2D eigenvalue weighted by atomic mass is 16.5. The number of rotatable bonds is 7. The average molecular weight is 353 g/mol. The number of imidazole rings is 1.